The van der Waals surface area contributed by atoms with Crippen molar-refractivity contribution in [3.63, 3.8) is 0 Å². The van der Waals surface area contributed by atoms with Gasteiger partial charge in [-0.25, -0.2) is 9.97 Å². The van der Waals surface area contributed by atoms with Crippen molar-refractivity contribution in [3.05, 3.63) is 54.4 Å². The van der Waals surface area contributed by atoms with Gasteiger partial charge in [0.2, 0.25) is 11.9 Å². The van der Waals surface area contributed by atoms with Gasteiger partial charge in [0, 0.05) is 51.5 Å². The number of carboxylic acids is 1. The van der Waals surface area contributed by atoms with E-state index < -0.39 is 11.9 Å². The van der Waals surface area contributed by atoms with Crippen LogP contribution in [0.4, 0.5) is 5.95 Å². The van der Waals surface area contributed by atoms with Gasteiger partial charge in [-0.05, 0) is 24.6 Å². The summed E-state index contributed by atoms with van der Waals surface area (Å²) in [7, 11) is 0. The van der Waals surface area contributed by atoms with Crippen LogP contribution in [0.1, 0.15) is 18.4 Å². The molecule has 8 nitrogen and oxygen atoms in total. The Kier molecular flexibility index (Phi) is 7.52. The van der Waals surface area contributed by atoms with E-state index in [9.17, 15) is 14.7 Å². The summed E-state index contributed by atoms with van der Waals surface area (Å²) in [6.45, 7) is 3.83. The average Bonchev–Trinajstić information content (AvgIpc) is 2.99. The minimum absolute atomic E-state index is 0.0236. The number of benzene rings is 1. The zero-order chi connectivity index (χ0) is 20.5. The van der Waals surface area contributed by atoms with Crippen molar-refractivity contribution in [2.75, 3.05) is 37.6 Å². The highest BCUT2D eigenvalue weighted by Crippen LogP contribution is 2.13. The van der Waals surface area contributed by atoms with Crippen LogP contribution in [0.5, 0.6) is 0 Å². The van der Waals surface area contributed by atoms with Gasteiger partial charge < -0.3 is 20.2 Å². The lowest BCUT2D eigenvalue weighted by molar-refractivity contribution is -0.144. The Hall–Kier alpha value is -3.00. The van der Waals surface area contributed by atoms with Gasteiger partial charge in [-0.15, -0.1) is 0 Å². The second kappa shape index (κ2) is 10.5. The van der Waals surface area contributed by atoms with Gasteiger partial charge in [0.05, 0.1) is 5.92 Å². The molecule has 29 heavy (non-hydrogen) atoms. The van der Waals surface area contributed by atoms with Crippen molar-refractivity contribution in [1.29, 1.82) is 0 Å². The minimum atomic E-state index is -0.938. The number of carboxylic acid groups (broad SMARTS) is 1. The molecule has 0 spiro atoms. The molecule has 1 aliphatic heterocycles. The molecule has 0 aliphatic carbocycles. The van der Waals surface area contributed by atoms with Crippen LogP contribution in [-0.2, 0) is 16.1 Å². The smallest absolute Gasteiger partial charge is 0.308 e. The van der Waals surface area contributed by atoms with Gasteiger partial charge >= 0.3 is 5.97 Å². The summed E-state index contributed by atoms with van der Waals surface area (Å²) in [5.41, 5.74) is 0.989. The van der Waals surface area contributed by atoms with Crippen molar-refractivity contribution in [1.82, 2.24) is 20.2 Å². The molecule has 0 saturated carbocycles. The molecule has 0 unspecified atom stereocenters. The predicted molar refractivity (Wildman–Crippen MR) is 109 cm³/mol. The van der Waals surface area contributed by atoms with Crippen LogP contribution in [-0.4, -0.2) is 64.6 Å². The van der Waals surface area contributed by atoms with Gasteiger partial charge in [0.25, 0.3) is 0 Å². The molecule has 8 heteroatoms. The molecular weight excluding hydrogens is 370 g/mol. The number of nitrogens with one attached hydrogen (secondary N) is 1. The maximum atomic E-state index is 12.3. The second-order valence-electron chi connectivity index (χ2n) is 7.19. The number of nitrogens with zero attached hydrogens (tertiary/aromatic N) is 4. The highest BCUT2D eigenvalue weighted by atomic mass is 16.4. The van der Waals surface area contributed by atoms with Crippen LogP contribution in [0, 0.1) is 5.92 Å². The third kappa shape index (κ3) is 6.53. The average molecular weight is 397 g/mol. The van der Waals surface area contributed by atoms with Crippen molar-refractivity contribution in [2.45, 2.75) is 19.4 Å². The molecule has 1 atom stereocenters. The van der Waals surface area contributed by atoms with E-state index in [0.717, 1.165) is 31.6 Å². The first-order valence-electron chi connectivity index (χ1n) is 9.89. The maximum Gasteiger partial charge on any atom is 0.308 e. The summed E-state index contributed by atoms with van der Waals surface area (Å²) in [6.07, 6.45) is 4.31. The Morgan fingerprint density at radius 2 is 1.79 bits per heavy atom. The molecule has 2 N–H and O–H groups in total. The Morgan fingerprint density at radius 1 is 1.03 bits per heavy atom. The first-order valence-corrected chi connectivity index (χ1v) is 9.89. The summed E-state index contributed by atoms with van der Waals surface area (Å²) in [5.74, 6) is -1.21. The lowest BCUT2D eigenvalue weighted by Gasteiger charge is -2.24. The van der Waals surface area contributed by atoms with Gasteiger partial charge in [-0.3, -0.25) is 9.59 Å². The number of carbonyl (C=O) groups excluding carboxylic acids is 1. The molecular formula is C21H27N5O3. The Bertz CT molecular complexity index is 787. The topological polar surface area (TPSA) is 98.7 Å². The molecule has 0 radical (unpaired) electrons. The predicted octanol–water partition coefficient (Wildman–Crippen LogP) is 1.40. The third-order valence-corrected chi connectivity index (χ3v) is 5.02. The number of carbonyl (C=O) groups is 2. The molecule has 2 heterocycles. The third-order valence-electron chi connectivity index (χ3n) is 5.02. The largest absolute Gasteiger partial charge is 0.481 e. The molecule has 3 rings (SSSR count). The standard InChI is InChI=1S/C21H27N5O3/c27-19(24-15-17-6-2-1-3-7-17)14-18(20(28)29)16-25-10-5-11-26(13-12-25)21-22-8-4-9-23-21/h1-4,6-9,18H,5,10-16H2,(H,24,27)(H,28,29)/t18-/m1/s1. The van der Waals surface area contributed by atoms with E-state index in [0.29, 0.717) is 25.6 Å². The quantitative estimate of drug-likeness (QED) is 0.695. The van der Waals surface area contributed by atoms with Gasteiger partial charge in [-0.1, -0.05) is 30.3 Å². The van der Waals surface area contributed by atoms with E-state index in [1.807, 2.05) is 30.3 Å². The van der Waals surface area contributed by atoms with E-state index in [-0.39, 0.29) is 12.3 Å². The SMILES string of the molecule is O=C(C[C@H](CN1CCCN(c2ncccn2)CC1)C(=O)O)NCc1ccccc1. The molecule has 1 aromatic carbocycles. The van der Waals surface area contributed by atoms with E-state index in [1.165, 1.54) is 0 Å². The fourth-order valence-electron chi connectivity index (χ4n) is 3.44. The molecule has 1 aliphatic rings. The van der Waals surface area contributed by atoms with Crippen LogP contribution in [0.2, 0.25) is 0 Å². The first-order chi connectivity index (χ1) is 14.1. The number of aliphatic carboxylic acids is 1. The number of anilines is 1. The summed E-state index contributed by atoms with van der Waals surface area (Å²) >= 11 is 0. The van der Waals surface area contributed by atoms with Crippen LogP contribution in [0.25, 0.3) is 0 Å². The maximum absolute atomic E-state index is 12.3. The van der Waals surface area contributed by atoms with Crippen LogP contribution in [0.15, 0.2) is 48.8 Å². The lowest BCUT2D eigenvalue weighted by Crippen LogP contribution is -2.38. The molecule has 1 saturated heterocycles. The summed E-state index contributed by atoms with van der Waals surface area (Å²) in [6, 6.07) is 11.4. The van der Waals surface area contributed by atoms with Crippen LogP contribution >= 0.6 is 0 Å². The van der Waals surface area contributed by atoms with Crippen molar-refractivity contribution in [3.8, 4) is 0 Å². The second-order valence-corrected chi connectivity index (χ2v) is 7.19. The van der Waals surface area contributed by atoms with Gasteiger partial charge in [0.1, 0.15) is 0 Å². The van der Waals surface area contributed by atoms with Gasteiger partial charge in [-0.2, -0.15) is 0 Å². The van der Waals surface area contributed by atoms with E-state index >= 15 is 0 Å². The zero-order valence-corrected chi connectivity index (χ0v) is 16.4. The Labute approximate surface area is 170 Å². The Morgan fingerprint density at radius 3 is 2.52 bits per heavy atom. The molecule has 1 amide bonds. The molecule has 154 valence electrons. The molecule has 0 bridgehead atoms. The summed E-state index contributed by atoms with van der Waals surface area (Å²) < 4.78 is 0. The molecule has 2 aromatic rings. The zero-order valence-electron chi connectivity index (χ0n) is 16.4. The summed E-state index contributed by atoms with van der Waals surface area (Å²) in [5, 5.41) is 12.4. The lowest BCUT2D eigenvalue weighted by atomic mass is 10.0. The number of aromatic nitrogens is 2. The number of hydrogen-bond acceptors (Lipinski definition) is 6. The Balaban J connectivity index is 1.49. The first kappa shape index (κ1) is 20.7. The van der Waals surface area contributed by atoms with Crippen molar-refractivity contribution in [2.24, 2.45) is 5.92 Å². The van der Waals surface area contributed by atoms with Crippen molar-refractivity contribution >= 4 is 17.8 Å². The highest BCUT2D eigenvalue weighted by molar-refractivity contribution is 5.82. The fourth-order valence-corrected chi connectivity index (χ4v) is 3.44. The van der Waals surface area contributed by atoms with Gasteiger partial charge in [0.15, 0.2) is 0 Å². The normalized spacial score (nSPS) is 16.1. The highest BCUT2D eigenvalue weighted by Gasteiger charge is 2.26. The molecule has 1 fully saturated rings. The van der Waals surface area contributed by atoms with E-state index in [2.05, 4.69) is 25.1 Å². The number of amides is 1. The number of rotatable bonds is 8. The van der Waals surface area contributed by atoms with Crippen LogP contribution in [0.3, 0.4) is 0 Å². The van der Waals surface area contributed by atoms with E-state index in [1.54, 1.807) is 18.5 Å². The molecule has 1 aromatic heterocycles. The van der Waals surface area contributed by atoms with Crippen LogP contribution < -0.4 is 10.2 Å². The minimum Gasteiger partial charge on any atom is -0.481 e. The fraction of sp³-hybridized carbons (Fsp3) is 0.429. The van der Waals surface area contributed by atoms with Crippen molar-refractivity contribution < 1.29 is 14.7 Å². The summed E-state index contributed by atoms with van der Waals surface area (Å²) in [4.78, 5) is 36.8. The number of hydrogen-bond donors (Lipinski definition) is 2. The monoisotopic (exact) mass is 397 g/mol. The van der Waals surface area contributed by atoms with E-state index in [4.69, 9.17) is 0 Å².